The van der Waals surface area contributed by atoms with Gasteiger partial charge >= 0.3 is 0 Å². The van der Waals surface area contributed by atoms with E-state index in [0.29, 0.717) is 5.78 Å². The lowest BCUT2D eigenvalue weighted by atomic mass is 9.73. The Kier molecular flexibility index (Phi) is 6.36. The van der Waals surface area contributed by atoms with Crippen LogP contribution in [0.1, 0.15) is 103 Å². The van der Waals surface area contributed by atoms with Gasteiger partial charge in [0.2, 0.25) is 0 Å². The highest BCUT2D eigenvalue weighted by Gasteiger charge is 2.27. The Hall–Kier alpha value is -0.590. The summed E-state index contributed by atoms with van der Waals surface area (Å²) in [7, 11) is 0. The van der Waals surface area contributed by atoms with Crippen molar-refractivity contribution in [3.05, 3.63) is 11.1 Å². The van der Waals surface area contributed by atoms with Gasteiger partial charge in [-0.1, -0.05) is 69.4 Å². The highest BCUT2D eigenvalue weighted by molar-refractivity contribution is 5.82. The zero-order valence-electron chi connectivity index (χ0n) is 15.2. The highest BCUT2D eigenvalue weighted by atomic mass is 16.1. The van der Waals surface area contributed by atoms with Gasteiger partial charge in [-0.25, -0.2) is 0 Å². The molecule has 0 spiro atoms. The first kappa shape index (κ1) is 17.2. The van der Waals surface area contributed by atoms with Crippen LogP contribution in [-0.4, -0.2) is 5.78 Å². The van der Waals surface area contributed by atoms with Gasteiger partial charge in [0.25, 0.3) is 0 Å². The molecule has 3 rings (SSSR count). The molecule has 0 aliphatic heterocycles. The molecular formula is C22H36O. The van der Waals surface area contributed by atoms with Crippen molar-refractivity contribution in [2.24, 2.45) is 17.8 Å². The molecule has 0 heterocycles. The quantitative estimate of drug-likeness (QED) is 0.504. The summed E-state index contributed by atoms with van der Waals surface area (Å²) in [6.45, 7) is 2.32. The maximum absolute atomic E-state index is 11.6. The number of ketones is 1. The predicted octanol–water partition coefficient (Wildman–Crippen LogP) is 6.61. The fourth-order valence-corrected chi connectivity index (χ4v) is 5.28. The van der Waals surface area contributed by atoms with Crippen LogP contribution < -0.4 is 0 Å². The molecule has 0 N–H and O–H groups in total. The van der Waals surface area contributed by atoms with E-state index in [1.807, 2.05) is 0 Å². The number of allylic oxidation sites excluding steroid dienone is 2. The maximum Gasteiger partial charge on any atom is 0.137 e. The second-order valence-electron chi connectivity index (χ2n) is 8.64. The first-order chi connectivity index (χ1) is 11.2. The minimum absolute atomic E-state index is 0.488. The summed E-state index contributed by atoms with van der Waals surface area (Å²) in [6.07, 6.45) is 19.9. The van der Waals surface area contributed by atoms with E-state index in [9.17, 15) is 4.79 Å². The van der Waals surface area contributed by atoms with Crippen molar-refractivity contribution in [3.63, 3.8) is 0 Å². The number of hydrogen-bond acceptors (Lipinski definition) is 1. The molecule has 3 aliphatic carbocycles. The Balaban J connectivity index is 1.36. The standard InChI is InChI=1S/C22H36O/c1-2-3-4-17-5-7-18(8-6-17)9-10-19-11-12-21-16-22(23)14-13-20(21)15-19/h17-19H,2-16H2,1H3. The Morgan fingerprint density at radius 1 is 0.783 bits per heavy atom. The third-order valence-corrected chi connectivity index (χ3v) is 6.92. The number of unbranched alkanes of at least 4 members (excludes halogenated alkanes) is 1. The summed E-state index contributed by atoms with van der Waals surface area (Å²) in [4.78, 5) is 11.6. The molecule has 130 valence electrons. The largest absolute Gasteiger partial charge is 0.299 e. The number of Topliss-reactive ketones (excluding diaryl/α,β-unsaturated/α-hetero) is 1. The Morgan fingerprint density at radius 3 is 2.22 bits per heavy atom. The van der Waals surface area contributed by atoms with Gasteiger partial charge < -0.3 is 0 Å². The molecule has 1 unspecified atom stereocenters. The van der Waals surface area contributed by atoms with Crippen molar-refractivity contribution in [1.29, 1.82) is 0 Å². The first-order valence-corrected chi connectivity index (χ1v) is 10.5. The number of carbonyl (C=O) groups excluding carboxylic acids is 1. The number of hydrogen-bond donors (Lipinski definition) is 0. The van der Waals surface area contributed by atoms with Crippen LogP contribution in [0.15, 0.2) is 11.1 Å². The van der Waals surface area contributed by atoms with Crippen LogP contribution in [0.25, 0.3) is 0 Å². The van der Waals surface area contributed by atoms with Crippen molar-refractivity contribution in [2.45, 2.75) is 103 Å². The molecule has 1 nitrogen and oxygen atoms in total. The molecule has 0 amide bonds. The molecule has 1 heteroatoms. The van der Waals surface area contributed by atoms with Crippen LogP contribution in [0, 0.1) is 17.8 Å². The van der Waals surface area contributed by atoms with E-state index in [-0.39, 0.29) is 0 Å². The average Bonchev–Trinajstić information content (AvgIpc) is 2.59. The van der Waals surface area contributed by atoms with E-state index in [2.05, 4.69) is 6.92 Å². The van der Waals surface area contributed by atoms with Crippen molar-refractivity contribution < 1.29 is 4.79 Å². The predicted molar refractivity (Wildman–Crippen MR) is 97.4 cm³/mol. The second kappa shape index (κ2) is 8.49. The Morgan fingerprint density at radius 2 is 1.48 bits per heavy atom. The molecule has 0 bridgehead atoms. The highest BCUT2D eigenvalue weighted by Crippen LogP contribution is 2.41. The van der Waals surface area contributed by atoms with E-state index < -0.39 is 0 Å². The summed E-state index contributed by atoms with van der Waals surface area (Å²) in [6, 6.07) is 0. The summed E-state index contributed by atoms with van der Waals surface area (Å²) < 4.78 is 0. The van der Waals surface area contributed by atoms with E-state index in [0.717, 1.165) is 37.0 Å². The zero-order valence-corrected chi connectivity index (χ0v) is 15.2. The van der Waals surface area contributed by atoms with Gasteiger partial charge in [0.15, 0.2) is 0 Å². The molecular weight excluding hydrogens is 280 g/mol. The van der Waals surface area contributed by atoms with Crippen molar-refractivity contribution in [1.82, 2.24) is 0 Å². The van der Waals surface area contributed by atoms with E-state index in [4.69, 9.17) is 0 Å². The Bertz CT molecular complexity index is 425. The first-order valence-electron chi connectivity index (χ1n) is 10.5. The monoisotopic (exact) mass is 316 g/mol. The maximum atomic E-state index is 11.6. The molecule has 0 aromatic heterocycles. The van der Waals surface area contributed by atoms with Gasteiger partial charge in [-0.15, -0.1) is 0 Å². The molecule has 0 aromatic carbocycles. The Labute approximate surface area is 143 Å². The number of rotatable bonds is 6. The normalized spacial score (nSPS) is 32.0. The third kappa shape index (κ3) is 4.94. The molecule has 1 fully saturated rings. The van der Waals surface area contributed by atoms with Crippen molar-refractivity contribution in [3.8, 4) is 0 Å². The van der Waals surface area contributed by atoms with Gasteiger partial charge in [0.1, 0.15) is 5.78 Å². The van der Waals surface area contributed by atoms with Crippen LogP contribution in [0.2, 0.25) is 0 Å². The summed E-state index contributed by atoms with van der Waals surface area (Å²) in [5.74, 6) is 3.49. The summed E-state index contributed by atoms with van der Waals surface area (Å²) in [5, 5.41) is 0. The fraction of sp³-hybridized carbons (Fsp3) is 0.864. The topological polar surface area (TPSA) is 17.1 Å². The third-order valence-electron chi connectivity index (χ3n) is 6.92. The van der Waals surface area contributed by atoms with Gasteiger partial charge in [0, 0.05) is 12.8 Å². The van der Waals surface area contributed by atoms with E-state index in [1.54, 1.807) is 5.57 Å². The average molecular weight is 317 g/mol. The van der Waals surface area contributed by atoms with Crippen LogP contribution >= 0.6 is 0 Å². The van der Waals surface area contributed by atoms with Crippen LogP contribution in [0.3, 0.4) is 0 Å². The van der Waals surface area contributed by atoms with Gasteiger partial charge in [-0.05, 0) is 49.9 Å². The molecule has 0 radical (unpaired) electrons. The van der Waals surface area contributed by atoms with Crippen molar-refractivity contribution >= 4 is 5.78 Å². The molecule has 23 heavy (non-hydrogen) atoms. The van der Waals surface area contributed by atoms with Crippen LogP contribution in [-0.2, 0) is 4.79 Å². The van der Waals surface area contributed by atoms with Crippen molar-refractivity contribution in [2.75, 3.05) is 0 Å². The molecule has 3 aliphatic rings. The van der Waals surface area contributed by atoms with Gasteiger partial charge in [-0.2, -0.15) is 0 Å². The minimum Gasteiger partial charge on any atom is -0.299 e. The summed E-state index contributed by atoms with van der Waals surface area (Å²) in [5.41, 5.74) is 3.22. The van der Waals surface area contributed by atoms with Crippen LogP contribution in [0.5, 0.6) is 0 Å². The minimum atomic E-state index is 0.488. The van der Waals surface area contributed by atoms with E-state index >= 15 is 0 Å². The summed E-state index contributed by atoms with van der Waals surface area (Å²) >= 11 is 0. The molecule has 0 aromatic rings. The smallest absolute Gasteiger partial charge is 0.137 e. The lowest BCUT2D eigenvalue weighted by Crippen LogP contribution is -2.19. The lowest BCUT2D eigenvalue weighted by Gasteiger charge is -2.32. The lowest BCUT2D eigenvalue weighted by molar-refractivity contribution is -0.118. The van der Waals surface area contributed by atoms with Crippen LogP contribution in [0.4, 0.5) is 0 Å². The molecule has 0 saturated heterocycles. The molecule has 1 atom stereocenters. The van der Waals surface area contributed by atoms with E-state index in [1.165, 1.54) is 82.6 Å². The zero-order chi connectivity index (χ0) is 16.1. The van der Waals surface area contributed by atoms with Gasteiger partial charge in [0.05, 0.1) is 0 Å². The fourth-order valence-electron chi connectivity index (χ4n) is 5.28. The van der Waals surface area contributed by atoms with Gasteiger partial charge in [-0.3, -0.25) is 4.79 Å². The molecule has 1 saturated carbocycles. The second-order valence-corrected chi connectivity index (χ2v) is 8.64. The number of carbonyl (C=O) groups is 1. The SMILES string of the molecule is CCCCC1CCC(CCC2CCC3=C(CCC(=O)C3)C2)CC1.